The van der Waals surface area contributed by atoms with E-state index in [1.807, 2.05) is 79.9 Å². The Morgan fingerprint density at radius 2 is 1.88 bits per heavy atom. The number of tetrazole rings is 1. The molecule has 0 unspecified atom stereocenters. The van der Waals surface area contributed by atoms with Crippen molar-refractivity contribution in [2.24, 2.45) is 0 Å². The number of para-hydroxylation sites is 1. The van der Waals surface area contributed by atoms with Crippen LogP contribution in [-0.2, 0) is 0 Å². The quantitative estimate of drug-likeness (QED) is 0.435. The van der Waals surface area contributed by atoms with Gasteiger partial charge in [0, 0.05) is 11.9 Å². The van der Waals surface area contributed by atoms with Crippen LogP contribution in [0.15, 0.2) is 72.2 Å². The van der Waals surface area contributed by atoms with Crippen LogP contribution >= 0.6 is 11.3 Å². The van der Waals surface area contributed by atoms with Crippen LogP contribution in [0.3, 0.4) is 0 Å². The second-order valence-electron chi connectivity index (χ2n) is 7.24. The highest BCUT2D eigenvalue weighted by Crippen LogP contribution is 2.29. The Labute approximate surface area is 188 Å². The van der Waals surface area contributed by atoms with Crippen LogP contribution in [0.5, 0.6) is 0 Å². The lowest BCUT2D eigenvalue weighted by atomic mass is 10.1. The first kappa shape index (κ1) is 19.8. The van der Waals surface area contributed by atoms with Gasteiger partial charge in [-0.1, -0.05) is 30.3 Å². The van der Waals surface area contributed by atoms with Crippen molar-refractivity contribution in [3.8, 4) is 21.9 Å². The van der Waals surface area contributed by atoms with Gasteiger partial charge in [-0.2, -0.15) is 9.78 Å². The van der Waals surface area contributed by atoms with Crippen molar-refractivity contribution in [1.82, 2.24) is 30.0 Å². The minimum atomic E-state index is -0.237. The minimum absolute atomic E-state index is 0.237. The van der Waals surface area contributed by atoms with Crippen LogP contribution in [0.2, 0.25) is 0 Å². The average molecular weight is 442 g/mol. The van der Waals surface area contributed by atoms with Gasteiger partial charge in [-0.3, -0.25) is 4.79 Å². The number of benzene rings is 2. The number of aryl methyl sites for hydroxylation is 2. The summed E-state index contributed by atoms with van der Waals surface area (Å²) in [6, 6.07) is 19.3. The molecule has 0 aliphatic rings. The molecule has 2 aromatic carbocycles. The fraction of sp³-hybridized carbons (Fsp3) is 0.0870. The van der Waals surface area contributed by atoms with Crippen LogP contribution in [0.1, 0.15) is 21.7 Å². The number of carbonyl (C=O) groups is 1. The molecule has 0 fully saturated rings. The van der Waals surface area contributed by atoms with Crippen molar-refractivity contribution in [2.45, 2.75) is 13.8 Å². The second-order valence-corrected chi connectivity index (χ2v) is 8.19. The molecule has 0 radical (unpaired) electrons. The molecule has 1 amide bonds. The highest BCUT2D eigenvalue weighted by Gasteiger charge is 2.20. The van der Waals surface area contributed by atoms with E-state index in [1.165, 1.54) is 0 Å². The predicted molar refractivity (Wildman–Crippen MR) is 123 cm³/mol. The molecule has 1 N–H and O–H groups in total. The Kier molecular flexibility index (Phi) is 5.08. The summed E-state index contributed by atoms with van der Waals surface area (Å²) in [7, 11) is 0. The summed E-state index contributed by atoms with van der Waals surface area (Å²) in [6.07, 6.45) is 1.76. The summed E-state index contributed by atoms with van der Waals surface area (Å²) < 4.78 is 3.38. The van der Waals surface area contributed by atoms with Crippen molar-refractivity contribution in [1.29, 1.82) is 0 Å². The molecule has 9 heteroatoms. The lowest BCUT2D eigenvalue weighted by Gasteiger charge is -2.10. The van der Waals surface area contributed by atoms with E-state index in [0.29, 0.717) is 22.8 Å². The van der Waals surface area contributed by atoms with Gasteiger partial charge in [0.05, 0.1) is 21.8 Å². The fourth-order valence-electron chi connectivity index (χ4n) is 3.42. The first-order valence-electron chi connectivity index (χ1n) is 9.96. The number of thiophene rings is 1. The van der Waals surface area contributed by atoms with Crippen molar-refractivity contribution in [3.05, 3.63) is 89.2 Å². The molecule has 158 valence electrons. The summed E-state index contributed by atoms with van der Waals surface area (Å²) in [6.45, 7) is 3.80. The standard InChI is InChI=1S/C23H19N7OS/c1-15-10-11-17(13-20(15)30-16(2)25-27-28-30)24-23(31)19-14-29(18-7-4-3-5-8-18)26-22(19)21-9-6-12-32-21/h3-14H,1-2H3,(H,24,31). The number of carbonyl (C=O) groups excluding carboxylic acids is 1. The van der Waals surface area contributed by atoms with Gasteiger partial charge in [0.1, 0.15) is 5.69 Å². The maximum absolute atomic E-state index is 13.3. The second kappa shape index (κ2) is 8.20. The molecule has 0 aliphatic carbocycles. The molecular formula is C23H19N7OS. The van der Waals surface area contributed by atoms with Crippen molar-refractivity contribution >= 4 is 22.9 Å². The maximum atomic E-state index is 13.3. The van der Waals surface area contributed by atoms with Crippen LogP contribution in [-0.4, -0.2) is 35.9 Å². The number of amides is 1. The van der Waals surface area contributed by atoms with Crippen molar-refractivity contribution in [3.63, 3.8) is 0 Å². The molecule has 8 nitrogen and oxygen atoms in total. The smallest absolute Gasteiger partial charge is 0.259 e. The van der Waals surface area contributed by atoms with E-state index in [1.54, 1.807) is 26.9 Å². The molecule has 0 saturated heterocycles. The predicted octanol–water partition coefficient (Wildman–Crippen LogP) is 4.45. The number of hydrogen-bond acceptors (Lipinski definition) is 6. The summed E-state index contributed by atoms with van der Waals surface area (Å²) >= 11 is 1.55. The molecule has 0 spiro atoms. The van der Waals surface area contributed by atoms with Gasteiger partial charge < -0.3 is 5.32 Å². The molecule has 32 heavy (non-hydrogen) atoms. The molecule has 5 aromatic rings. The van der Waals surface area contributed by atoms with Gasteiger partial charge in [-0.15, -0.1) is 16.4 Å². The highest BCUT2D eigenvalue weighted by atomic mass is 32.1. The first-order chi connectivity index (χ1) is 15.6. The Bertz CT molecular complexity index is 1390. The third kappa shape index (κ3) is 3.69. The van der Waals surface area contributed by atoms with Gasteiger partial charge in [0.15, 0.2) is 5.82 Å². The van der Waals surface area contributed by atoms with Crippen molar-refractivity contribution in [2.75, 3.05) is 5.32 Å². The maximum Gasteiger partial charge on any atom is 0.259 e. The van der Waals surface area contributed by atoms with E-state index in [9.17, 15) is 4.79 Å². The van der Waals surface area contributed by atoms with E-state index in [0.717, 1.165) is 21.8 Å². The Morgan fingerprint density at radius 1 is 1.03 bits per heavy atom. The highest BCUT2D eigenvalue weighted by molar-refractivity contribution is 7.13. The third-order valence-electron chi connectivity index (χ3n) is 5.05. The van der Waals surface area contributed by atoms with E-state index >= 15 is 0 Å². The molecular weight excluding hydrogens is 422 g/mol. The zero-order chi connectivity index (χ0) is 22.1. The zero-order valence-electron chi connectivity index (χ0n) is 17.4. The van der Waals surface area contributed by atoms with Crippen LogP contribution < -0.4 is 5.32 Å². The minimum Gasteiger partial charge on any atom is -0.322 e. The molecule has 0 aliphatic heterocycles. The number of anilines is 1. The fourth-order valence-corrected chi connectivity index (χ4v) is 4.14. The molecule has 5 rings (SSSR count). The number of nitrogens with one attached hydrogen (secondary N) is 1. The van der Waals surface area contributed by atoms with Crippen LogP contribution in [0.4, 0.5) is 5.69 Å². The summed E-state index contributed by atoms with van der Waals surface area (Å²) in [5.41, 5.74) is 4.48. The largest absolute Gasteiger partial charge is 0.322 e. The number of aromatic nitrogens is 6. The van der Waals surface area contributed by atoms with Gasteiger partial charge in [0.25, 0.3) is 5.91 Å². The number of nitrogens with zero attached hydrogens (tertiary/aromatic N) is 6. The van der Waals surface area contributed by atoms with E-state index in [2.05, 4.69) is 20.8 Å². The lowest BCUT2D eigenvalue weighted by Crippen LogP contribution is -2.13. The SMILES string of the molecule is Cc1ccc(NC(=O)c2cn(-c3ccccc3)nc2-c2cccs2)cc1-n1nnnc1C. The molecule has 3 aromatic heterocycles. The normalized spacial score (nSPS) is 10.9. The zero-order valence-corrected chi connectivity index (χ0v) is 18.2. The Balaban J connectivity index is 1.51. The van der Waals surface area contributed by atoms with E-state index in [-0.39, 0.29) is 5.91 Å². The molecule has 3 heterocycles. The van der Waals surface area contributed by atoms with Gasteiger partial charge in [-0.25, -0.2) is 4.68 Å². The molecule has 0 atom stereocenters. The average Bonchev–Trinajstić information content (AvgIpc) is 3.56. The Hall–Kier alpha value is -4.11. The Morgan fingerprint density at radius 3 is 2.59 bits per heavy atom. The number of hydrogen-bond donors (Lipinski definition) is 1. The topological polar surface area (TPSA) is 90.5 Å². The monoisotopic (exact) mass is 441 g/mol. The molecule has 0 bridgehead atoms. The number of rotatable bonds is 5. The van der Waals surface area contributed by atoms with E-state index in [4.69, 9.17) is 5.10 Å². The molecule has 0 saturated carbocycles. The van der Waals surface area contributed by atoms with E-state index < -0.39 is 0 Å². The van der Waals surface area contributed by atoms with Gasteiger partial charge >= 0.3 is 0 Å². The lowest BCUT2D eigenvalue weighted by molar-refractivity contribution is 0.102. The van der Waals surface area contributed by atoms with Crippen LogP contribution in [0.25, 0.3) is 21.9 Å². The third-order valence-corrected chi connectivity index (χ3v) is 5.93. The summed E-state index contributed by atoms with van der Waals surface area (Å²) in [5, 5.41) is 21.4. The first-order valence-corrected chi connectivity index (χ1v) is 10.8. The van der Waals surface area contributed by atoms with Gasteiger partial charge in [0.2, 0.25) is 0 Å². The van der Waals surface area contributed by atoms with Crippen molar-refractivity contribution < 1.29 is 4.79 Å². The summed E-state index contributed by atoms with van der Waals surface area (Å²) in [5.74, 6) is 0.430. The van der Waals surface area contributed by atoms with Crippen LogP contribution in [0, 0.1) is 13.8 Å². The summed E-state index contributed by atoms with van der Waals surface area (Å²) in [4.78, 5) is 14.2. The van der Waals surface area contributed by atoms with Gasteiger partial charge in [-0.05, 0) is 65.5 Å².